The Kier molecular flexibility index (Phi) is 12.4. The molecule has 0 aliphatic carbocycles. The van der Waals surface area contributed by atoms with Crippen LogP contribution in [0.15, 0.2) is 33.6 Å². The van der Waals surface area contributed by atoms with E-state index in [-0.39, 0.29) is 29.0 Å². The van der Waals surface area contributed by atoms with Crippen molar-refractivity contribution in [2.75, 3.05) is 24.9 Å². The molecule has 0 spiro atoms. The van der Waals surface area contributed by atoms with Crippen LogP contribution in [0.1, 0.15) is 24.4 Å². The van der Waals surface area contributed by atoms with Crippen LogP contribution in [-0.2, 0) is 53.1 Å². The van der Waals surface area contributed by atoms with Crippen molar-refractivity contribution in [3.8, 4) is 0 Å². The molecule has 0 aromatic carbocycles. The molecule has 2 fully saturated rings. The second kappa shape index (κ2) is 15.8. The number of azide groups is 1. The van der Waals surface area contributed by atoms with Crippen molar-refractivity contribution < 1.29 is 70.6 Å². The zero-order valence-electron chi connectivity index (χ0n) is 26.6. The average molecular weight is 850 g/mol. The number of aromatic nitrogens is 6. The molecule has 3 aromatic rings. The van der Waals surface area contributed by atoms with E-state index in [0.29, 0.717) is 0 Å². The molecule has 32 heteroatoms. The fourth-order valence-electron chi connectivity index (χ4n) is 5.16. The lowest BCUT2D eigenvalue weighted by atomic mass is 10.1. The van der Waals surface area contributed by atoms with Crippen LogP contribution in [0.5, 0.6) is 0 Å². The largest absolute Gasteiger partial charge is 0.516 e. The van der Waals surface area contributed by atoms with Gasteiger partial charge in [0.25, 0.3) is 5.56 Å². The molecule has 3 aromatic heterocycles. The second-order valence-corrected chi connectivity index (χ2v) is 20.1. The van der Waals surface area contributed by atoms with Crippen molar-refractivity contribution >= 4 is 59.4 Å². The molecule has 4 unspecified atom stereocenters. The second-order valence-electron chi connectivity index (χ2n) is 11.4. The van der Waals surface area contributed by atoms with Gasteiger partial charge in [0.15, 0.2) is 23.6 Å². The smallest absolute Gasteiger partial charge is 0.459 e. The Morgan fingerprint density at radius 3 is 2.53 bits per heavy atom. The number of anilines is 1. The van der Waals surface area contributed by atoms with E-state index in [1.165, 1.54) is 24.0 Å². The van der Waals surface area contributed by atoms with E-state index in [4.69, 9.17) is 29.8 Å². The van der Waals surface area contributed by atoms with Crippen molar-refractivity contribution in [1.82, 2.24) is 29.1 Å². The number of hydrogen-bond donors (Lipinski definition) is 8. The van der Waals surface area contributed by atoms with E-state index in [2.05, 4.69) is 50.8 Å². The molecular formula is C21H30N10O17P4S. The summed E-state index contributed by atoms with van der Waals surface area (Å²) in [5.74, 6) is -1.81. The van der Waals surface area contributed by atoms with Gasteiger partial charge < -0.3 is 56.9 Å². The lowest BCUT2D eigenvalue weighted by molar-refractivity contribution is -0.0483. The minimum atomic E-state index is -5.86. The van der Waals surface area contributed by atoms with Crippen LogP contribution in [0.25, 0.3) is 21.6 Å². The fourth-order valence-corrected chi connectivity index (χ4v) is 12.5. The third-order valence-electron chi connectivity index (χ3n) is 7.50. The number of nitrogens with two attached hydrogens (primary N) is 1. The molecule has 5 rings (SSSR count). The van der Waals surface area contributed by atoms with Gasteiger partial charge in [0, 0.05) is 23.1 Å². The third kappa shape index (κ3) is 9.96. The van der Waals surface area contributed by atoms with Gasteiger partial charge in [0.05, 0.1) is 25.1 Å². The molecule has 5 heterocycles. The first-order valence-electron chi connectivity index (χ1n) is 14.6. The SMILES string of the molecule is Cc1cn([C@H]2C[C@H](N=[N+]=[N-])[C@@H](CO[P+](O)([S-])OP(=O)(O)OP(=O)(O)CP(=O)(O)OC[C@H]3O[C@@H](n4cnc5c(N)ncnc54)[C@H](O)[C@@H]3O)O2)c(=O)[nH]c1=O. The van der Waals surface area contributed by atoms with Crippen LogP contribution >= 0.6 is 30.2 Å². The first kappa shape index (κ1) is 41.5. The summed E-state index contributed by atoms with van der Waals surface area (Å²) in [6, 6.07) is -1.06. The molecular weight excluding hydrogens is 820 g/mol. The number of phosphoric acid groups is 1. The average Bonchev–Trinajstić information content (AvgIpc) is 3.72. The Morgan fingerprint density at radius 2 is 1.83 bits per heavy atom. The number of hydrogen-bond acceptors (Lipinski definition) is 20. The summed E-state index contributed by atoms with van der Waals surface area (Å²) in [5.41, 5.74) is 13.6. The Morgan fingerprint density at radius 1 is 1.11 bits per heavy atom. The molecule has 27 nitrogen and oxygen atoms in total. The van der Waals surface area contributed by atoms with Crippen molar-refractivity contribution in [2.24, 2.45) is 5.11 Å². The Bertz CT molecular complexity index is 2170. The maximum Gasteiger partial charge on any atom is 0.516 e. The van der Waals surface area contributed by atoms with Gasteiger partial charge >= 0.3 is 35.8 Å². The first-order valence-corrected chi connectivity index (χ1v) is 22.2. The van der Waals surface area contributed by atoms with Crippen molar-refractivity contribution in [3.63, 3.8) is 0 Å². The number of fused-ring (bicyclic) bond motifs is 1. The van der Waals surface area contributed by atoms with E-state index in [1.54, 1.807) is 0 Å². The van der Waals surface area contributed by atoms with Crippen LogP contribution in [-0.4, -0.2) is 108 Å². The molecule has 0 amide bonds. The molecule has 9 N–H and O–H groups in total. The quantitative estimate of drug-likeness (QED) is 0.0316. The van der Waals surface area contributed by atoms with Gasteiger partial charge in [-0.3, -0.25) is 28.0 Å². The van der Waals surface area contributed by atoms with Gasteiger partial charge in [-0.2, -0.15) is 4.52 Å². The van der Waals surface area contributed by atoms with E-state index < -0.39 is 103 Å². The normalized spacial score (nSPS) is 29.2. The molecule has 53 heavy (non-hydrogen) atoms. The maximum atomic E-state index is 12.7. The van der Waals surface area contributed by atoms with Crippen LogP contribution in [0.3, 0.4) is 0 Å². The highest BCUT2D eigenvalue weighted by molar-refractivity contribution is 8.36. The number of aryl methyl sites for hydroxylation is 1. The minimum Gasteiger partial charge on any atom is -0.459 e. The Balaban J connectivity index is 1.15. The summed E-state index contributed by atoms with van der Waals surface area (Å²) in [5, 5.41) is 24.5. The molecule has 0 bridgehead atoms. The highest BCUT2D eigenvalue weighted by atomic mass is 32.7. The summed E-state index contributed by atoms with van der Waals surface area (Å²) >= 11 is 4.68. The van der Waals surface area contributed by atoms with E-state index in [1.807, 2.05) is 0 Å². The van der Waals surface area contributed by atoms with Crippen LogP contribution in [0.2, 0.25) is 0 Å². The van der Waals surface area contributed by atoms with Gasteiger partial charge in [-0.1, -0.05) is 9.42 Å². The highest BCUT2D eigenvalue weighted by Crippen LogP contribution is 2.73. The third-order valence-corrected chi connectivity index (χ3v) is 15.8. The molecule has 292 valence electrons. The summed E-state index contributed by atoms with van der Waals surface area (Å²) in [7, 11) is -21.6. The zero-order chi connectivity index (χ0) is 39.1. The van der Waals surface area contributed by atoms with E-state index in [0.717, 1.165) is 10.9 Å². The summed E-state index contributed by atoms with van der Waals surface area (Å²) in [4.78, 5) is 81.4. The molecule has 2 aliphatic rings. The number of ether oxygens (including phenoxy) is 2. The van der Waals surface area contributed by atoms with Crippen LogP contribution < -0.4 is 17.0 Å². The maximum absolute atomic E-state index is 12.7. The number of aromatic amines is 1. The number of nitrogen functional groups attached to an aromatic ring is 1. The molecule has 11 atom stereocenters. The lowest BCUT2D eigenvalue weighted by Crippen LogP contribution is -2.33. The summed E-state index contributed by atoms with van der Waals surface area (Å²) in [6.07, 6.45) is -5.24. The molecule has 0 saturated carbocycles. The van der Waals surface area contributed by atoms with Gasteiger partial charge in [-0.15, -0.1) is 0 Å². The standard InChI is InChI=1S/C21H30N10O17P4S/c1-9-3-30(21(35)27-19(9)34)13-2-10(28-29-23)11(45-13)4-44-52(42,53)48-51(40,41)47-50(38,39)8-49(36,37)43-5-12-15(32)16(33)20(46-12)31-7-26-14-17(22)24-6-25-18(14)31/h3,6-7,10-13,15-16,20,32-33H,2,4-5,8H2,1H3,(H,36,37)(H,38,39)(H,40,41)(H,42,53)(H2,22,24,25)(H,27,34,35)/t10-,11+,12+,13+,15+,16+,20+,52?/m0/s1. The predicted molar refractivity (Wildman–Crippen MR) is 178 cm³/mol. The predicted octanol–water partition coefficient (Wildman–Crippen LogP) is -0.435. The number of rotatable bonds is 15. The van der Waals surface area contributed by atoms with Gasteiger partial charge in [0.2, 0.25) is 0 Å². The number of aliphatic hydroxyl groups excluding tert-OH is 2. The monoisotopic (exact) mass is 850 g/mol. The molecule has 2 aliphatic heterocycles. The van der Waals surface area contributed by atoms with Crippen LogP contribution in [0, 0.1) is 6.92 Å². The summed E-state index contributed by atoms with van der Waals surface area (Å²) < 4.78 is 69.6. The van der Waals surface area contributed by atoms with Crippen molar-refractivity contribution in [3.05, 3.63) is 55.7 Å². The summed E-state index contributed by atoms with van der Waals surface area (Å²) in [6.45, 7) is -0.328. The highest BCUT2D eigenvalue weighted by Gasteiger charge is 2.49. The first-order chi connectivity index (χ1) is 24.6. The molecule has 0 radical (unpaired) electrons. The van der Waals surface area contributed by atoms with Crippen LogP contribution in [0.4, 0.5) is 5.82 Å². The Hall–Kier alpha value is -2.67. The topological polar surface area (TPSA) is 401 Å². The lowest BCUT2D eigenvalue weighted by Gasteiger charge is -2.25. The van der Waals surface area contributed by atoms with Crippen molar-refractivity contribution in [2.45, 2.75) is 56.3 Å². The van der Waals surface area contributed by atoms with Crippen molar-refractivity contribution in [1.29, 1.82) is 0 Å². The Labute approximate surface area is 300 Å². The zero-order valence-corrected chi connectivity index (χ0v) is 31.0. The number of imidazole rings is 1. The number of nitrogens with one attached hydrogen (secondary N) is 1. The number of aliphatic hydroxyl groups is 2. The van der Waals surface area contributed by atoms with Gasteiger partial charge in [-0.05, 0) is 12.5 Å². The number of nitrogens with zero attached hydrogens (tertiary/aromatic N) is 8. The van der Waals surface area contributed by atoms with Gasteiger partial charge in [-0.25, -0.2) is 33.5 Å². The fraction of sp³-hybridized carbons (Fsp3) is 0.571. The van der Waals surface area contributed by atoms with E-state index >= 15 is 0 Å². The molecule has 2 saturated heterocycles. The van der Waals surface area contributed by atoms with E-state index in [9.17, 15) is 53.1 Å². The minimum absolute atomic E-state index is 0.00974. The van der Waals surface area contributed by atoms with Gasteiger partial charge in [0.1, 0.15) is 43.0 Å². The number of H-pyrrole nitrogens is 1.